The molecule has 1 fully saturated rings. The van der Waals surface area contributed by atoms with E-state index in [9.17, 15) is 4.79 Å². The maximum absolute atomic E-state index is 12.8. The molecule has 4 rings (SSSR count). The van der Waals surface area contributed by atoms with E-state index in [1.54, 1.807) is 0 Å². The molecule has 1 aliphatic heterocycles. The molecular weight excluding hydrogens is 342 g/mol. The Kier molecular flexibility index (Phi) is 5.21. The number of amides is 1. The van der Waals surface area contributed by atoms with Crippen molar-refractivity contribution in [3.63, 3.8) is 0 Å². The number of carbonyl (C=O) groups excluding carboxylic acids is 1. The minimum atomic E-state index is -0.466. The molecule has 26 heavy (non-hydrogen) atoms. The van der Waals surface area contributed by atoms with E-state index >= 15 is 0 Å². The molecule has 0 aromatic heterocycles. The lowest BCUT2D eigenvalue weighted by Gasteiger charge is -2.31. The summed E-state index contributed by atoms with van der Waals surface area (Å²) in [6, 6.07) is 16.3. The van der Waals surface area contributed by atoms with Gasteiger partial charge >= 0.3 is 0 Å². The first kappa shape index (κ1) is 17.5. The van der Waals surface area contributed by atoms with Crippen LogP contribution in [-0.4, -0.2) is 29.2 Å². The summed E-state index contributed by atoms with van der Waals surface area (Å²) in [6.07, 6.45) is 3.23. The van der Waals surface area contributed by atoms with Crippen molar-refractivity contribution in [1.82, 2.24) is 4.90 Å². The van der Waals surface area contributed by atoms with E-state index in [4.69, 9.17) is 4.74 Å². The van der Waals surface area contributed by atoms with Gasteiger partial charge in [-0.05, 0) is 67.5 Å². The first-order valence-electron chi connectivity index (χ1n) is 9.44. The number of hydrogen-bond donors (Lipinski definition) is 0. The number of benzene rings is 2. The van der Waals surface area contributed by atoms with E-state index in [0.29, 0.717) is 6.54 Å². The molecule has 0 spiro atoms. The predicted molar refractivity (Wildman–Crippen MR) is 106 cm³/mol. The first-order chi connectivity index (χ1) is 12.7. The normalized spacial score (nSPS) is 17.5. The zero-order chi connectivity index (χ0) is 17.9. The highest BCUT2D eigenvalue weighted by Gasteiger charge is 2.26. The second-order valence-electron chi connectivity index (χ2n) is 7.27. The van der Waals surface area contributed by atoms with Gasteiger partial charge in [-0.25, -0.2) is 0 Å². The van der Waals surface area contributed by atoms with E-state index in [0.717, 1.165) is 24.6 Å². The molecular formula is C22H25NO2S. The highest BCUT2D eigenvalue weighted by Crippen LogP contribution is 2.36. The Morgan fingerprint density at radius 2 is 2.00 bits per heavy atom. The third-order valence-electron chi connectivity index (χ3n) is 5.09. The summed E-state index contributed by atoms with van der Waals surface area (Å²) < 4.78 is 5.82. The van der Waals surface area contributed by atoms with E-state index in [-0.39, 0.29) is 5.91 Å². The second kappa shape index (κ2) is 7.75. The molecule has 2 aromatic carbocycles. The number of hydrogen-bond acceptors (Lipinski definition) is 3. The molecule has 1 saturated carbocycles. The van der Waals surface area contributed by atoms with Gasteiger partial charge < -0.3 is 9.64 Å². The SMILES string of the molecule is CC(Oc1ccccc1)C(=O)N1CCc2ccc(SCC3CC3)cc2C1. The lowest BCUT2D eigenvalue weighted by Crippen LogP contribution is -2.43. The van der Waals surface area contributed by atoms with E-state index in [1.165, 1.54) is 34.6 Å². The van der Waals surface area contributed by atoms with Gasteiger partial charge in [-0.15, -0.1) is 11.8 Å². The van der Waals surface area contributed by atoms with Crippen molar-refractivity contribution >= 4 is 17.7 Å². The molecule has 1 atom stereocenters. The largest absolute Gasteiger partial charge is 0.481 e. The van der Waals surface area contributed by atoms with Crippen molar-refractivity contribution in [2.75, 3.05) is 12.3 Å². The van der Waals surface area contributed by atoms with E-state index in [2.05, 4.69) is 18.2 Å². The maximum Gasteiger partial charge on any atom is 0.263 e. The van der Waals surface area contributed by atoms with Gasteiger partial charge in [0.25, 0.3) is 5.91 Å². The number of ether oxygens (including phenoxy) is 1. The molecule has 2 aliphatic rings. The molecule has 1 aliphatic carbocycles. The fourth-order valence-electron chi connectivity index (χ4n) is 3.32. The zero-order valence-corrected chi connectivity index (χ0v) is 16.0. The van der Waals surface area contributed by atoms with Gasteiger partial charge in [-0.3, -0.25) is 4.79 Å². The maximum atomic E-state index is 12.8. The van der Waals surface area contributed by atoms with Crippen LogP contribution in [0.3, 0.4) is 0 Å². The standard InChI is InChI=1S/C22H25NO2S/c1-16(25-20-5-3-2-4-6-20)22(24)23-12-11-18-9-10-21(13-19(18)14-23)26-15-17-7-8-17/h2-6,9-10,13,16-17H,7-8,11-12,14-15H2,1H3. The van der Waals surface area contributed by atoms with Gasteiger partial charge in [0.15, 0.2) is 6.10 Å². The second-order valence-corrected chi connectivity index (χ2v) is 8.36. The predicted octanol–water partition coefficient (Wildman–Crippen LogP) is 4.54. The number of carbonyl (C=O) groups is 1. The Labute approximate surface area is 159 Å². The van der Waals surface area contributed by atoms with Crippen molar-refractivity contribution in [2.24, 2.45) is 5.92 Å². The average Bonchev–Trinajstić information content (AvgIpc) is 3.50. The van der Waals surface area contributed by atoms with Crippen LogP contribution in [0.25, 0.3) is 0 Å². The zero-order valence-electron chi connectivity index (χ0n) is 15.2. The number of rotatable bonds is 6. The Hall–Kier alpha value is -1.94. The first-order valence-corrected chi connectivity index (χ1v) is 10.4. The van der Waals surface area contributed by atoms with Crippen LogP contribution in [0, 0.1) is 5.92 Å². The molecule has 1 heterocycles. The quantitative estimate of drug-likeness (QED) is 0.702. The average molecular weight is 368 g/mol. The molecule has 1 unspecified atom stereocenters. The molecule has 0 bridgehead atoms. The number of thioether (sulfide) groups is 1. The highest BCUT2D eigenvalue weighted by atomic mass is 32.2. The van der Waals surface area contributed by atoms with E-state index < -0.39 is 6.10 Å². The lowest BCUT2D eigenvalue weighted by atomic mass is 9.99. The molecule has 2 aromatic rings. The molecule has 0 saturated heterocycles. The Morgan fingerprint density at radius 1 is 1.19 bits per heavy atom. The molecule has 1 amide bonds. The summed E-state index contributed by atoms with van der Waals surface area (Å²) in [6.45, 7) is 3.30. The lowest BCUT2D eigenvalue weighted by molar-refractivity contribution is -0.138. The molecule has 136 valence electrons. The van der Waals surface area contributed by atoms with Crippen LogP contribution in [0.5, 0.6) is 5.75 Å². The minimum absolute atomic E-state index is 0.0653. The molecule has 3 nitrogen and oxygen atoms in total. The molecule has 4 heteroatoms. The van der Waals surface area contributed by atoms with Crippen LogP contribution in [0.15, 0.2) is 53.4 Å². The Morgan fingerprint density at radius 3 is 2.77 bits per heavy atom. The van der Waals surface area contributed by atoms with Crippen molar-refractivity contribution < 1.29 is 9.53 Å². The summed E-state index contributed by atoms with van der Waals surface area (Å²) in [5, 5.41) is 0. The van der Waals surface area contributed by atoms with Crippen molar-refractivity contribution in [3.8, 4) is 5.75 Å². The summed E-state index contributed by atoms with van der Waals surface area (Å²) in [5.41, 5.74) is 2.67. The van der Waals surface area contributed by atoms with Crippen LogP contribution >= 0.6 is 11.8 Å². The summed E-state index contributed by atoms with van der Waals surface area (Å²) in [7, 11) is 0. The number of fused-ring (bicyclic) bond motifs is 1. The topological polar surface area (TPSA) is 29.5 Å². The van der Waals surface area contributed by atoms with Gasteiger partial charge in [-0.1, -0.05) is 24.3 Å². The van der Waals surface area contributed by atoms with Crippen LogP contribution in [0.2, 0.25) is 0 Å². The fraction of sp³-hybridized carbons (Fsp3) is 0.409. The van der Waals surface area contributed by atoms with Gasteiger partial charge in [0.05, 0.1) is 0 Å². The van der Waals surface area contributed by atoms with Crippen molar-refractivity contribution in [3.05, 3.63) is 59.7 Å². The van der Waals surface area contributed by atoms with Crippen LogP contribution in [0.1, 0.15) is 30.9 Å². The van der Waals surface area contributed by atoms with E-state index in [1.807, 2.05) is 53.9 Å². The van der Waals surface area contributed by atoms with Gasteiger partial charge in [0.2, 0.25) is 0 Å². The summed E-state index contributed by atoms with van der Waals surface area (Å²) >= 11 is 1.95. The number of para-hydroxylation sites is 1. The Bertz CT molecular complexity index is 773. The minimum Gasteiger partial charge on any atom is -0.481 e. The van der Waals surface area contributed by atoms with Crippen molar-refractivity contribution in [2.45, 2.75) is 43.7 Å². The third-order valence-corrected chi connectivity index (χ3v) is 6.31. The van der Waals surface area contributed by atoms with Gasteiger partial charge in [-0.2, -0.15) is 0 Å². The van der Waals surface area contributed by atoms with Crippen LogP contribution in [-0.2, 0) is 17.8 Å². The van der Waals surface area contributed by atoms with Crippen LogP contribution < -0.4 is 4.74 Å². The smallest absolute Gasteiger partial charge is 0.263 e. The fourth-order valence-corrected chi connectivity index (χ4v) is 4.47. The van der Waals surface area contributed by atoms with Crippen LogP contribution in [0.4, 0.5) is 0 Å². The third kappa shape index (κ3) is 4.24. The number of nitrogens with zero attached hydrogens (tertiary/aromatic N) is 1. The Balaban J connectivity index is 1.39. The van der Waals surface area contributed by atoms with Gasteiger partial charge in [0.1, 0.15) is 5.75 Å². The summed E-state index contributed by atoms with van der Waals surface area (Å²) in [5.74, 6) is 2.95. The van der Waals surface area contributed by atoms with Crippen molar-refractivity contribution in [1.29, 1.82) is 0 Å². The summed E-state index contributed by atoms with van der Waals surface area (Å²) in [4.78, 5) is 16.1. The molecule has 0 N–H and O–H groups in total. The van der Waals surface area contributed by atoms with Gasteiger partial charge in [0, 0.05) is 23.7 Å². The molecule has 0 radical (unpaired) electrons. The highest BCUT2D eigenvalue weighted by molar-refractivity contribution is 7.99. The monoisotopic (exact) mass is 367 g/mol.